The Labute approximate surface area is 176 Å². The van der Waals surface area contributed by atoms with Crippen LogP contribution in [0.25, 0.3) is 0 Å². The maximum absolute atomic E-state index is 12.5. The molecule has 8 nitrogen and oxygen atoms in total. The number of nitrogens with zero attached hydrogens (tertiary/aromatic N) is 1. The molecule has 0 spiro atoms. The minimum atomic E-state index is -4.34. The average Bonchev–Trinajstić information content (AvgIpc) is 2.73. The first kappa shape index (κ1) is 21.3. The van der Waals surface area contributed by atoms with E-state index in [2.05, 4.69) is 0 Å². The van der Waals surface area contributed by atoms with Gasteiger partial charge in [0.15, 0.2) is 11.5 Å². The molecule has 3 aromatic rings. The molecule has 3 rings (SSSR count). The van der Waals surface area contributed by atoms with Crippen LogP contribution in [-0.2, 0) is 10.1 Å². The molecule has 0 aliphatic rings. The van der Waals surface area contributed by atoms with Gasteiger partial charge in [0.05, 0.1) is 12.0 Å². The van der Waals surface area contributed by atoms with Gasteiger partial charge in [-0.3, -0.25) is 14.9 Å². The number of hydrogen-bond donors (Lipinski definition) is 0. The molecule has 0 radical (unpaired) electrons. The van der Waals surface area contributed by atoms with Crippen LogP contribution in [0.5, 0.6) is 11.5 Å². The molecule has 0 amide bonds. The maximum Gasteiger partial charge on any atom is 0.339 e. The first-order valence-corrected chi connectivity index (χ1v) is 10.2. The lowest BCUT2D eigenvalue weighted by atomic mass is 10.0. The smallest absolute Gasteiger partial charge is 0.339 e. The summed E-state index contributed by atoms with van der Waals surface area (Å²) >= 11 is 5.81. The van der Waals surface area contributed by atoms with Gasteiger partial charge in [-0.1, -0.05) is 11.6 Å². The van der Waals surface area contributed by atoms with Crippen molar-refractivity contribution in [2.45, 2.75) is 4.90 Å². The molecule has 0 unspecified atom stereocenters. The van der Waals surface area contributed by atoms with E-state index < -0.39 is 25.6 Å². The number of ether oxygens (including phenoxy) is 1. The second-order valence-electron chi connectivity index (χ2n) is 5.99. The molecular weight excluding hydrogens is 434 g/mol. The van der Waals surface area contributed by atoms with Crippen LogP contribution in [0.3, 0.4) is 0 Å². The molecule has 3 aromatic carbocycles. The zero-order valence-corrected chi connectivity index (χ0v) is 17.0. The van der Waals surface area contributed by atoms with E-state index in [1.165, 1.54) is 37.4 Å². The molecule has 0 aliphatic carbocycles. The normalized spacial score (nSPS) is 11.0. The van der Waals surface area contributed by atoms with E-state index in [4.69, 9.17) is 20.5 Å². The lowest BCUT2D eigenvalue weighted by Crippen LogP contribution is -2.10. The van der Waals surface area contributed by atoms with Gasteiger partial charge in [-0.05, 0) is 60.7 Å². The Morgan fingerprint density at radius 3 is 2.07 bits per heavy atom. The number of nitro benzene ring substituents is 1. The highest BCUT2D eigenvalue weighted by Gasteiger charge is 2.23. The summed E-state index contributed by atoms with van der Waals surface area (Å²) in [7, 11) is -3.11. The van der Waals surface area contributed by atoms with Crippen molar-refractivity contribution in [1.82, 2.24) is 0 Å². The summed E-state index contributed by atoms with van der Waals surface area (Å²) in [4.78, 5) is 22.4. The number of benzene rings is 3. The highest BCUT2D eigenvalue weighted by molar-refractivity contribution is 7.87. The van der Waals surface area contributed by atoms with Crippen LogP contribution in [0.1, 0.15) is 15.9 Å². The van der Waals surface area contributed by atoms with Crippen LogP contribution in [-0.4, -0.2) is 26.2 Å². The zero-order valence-electron chi connectivity index (χ0n) is 15.4. The Morgan fingerprint density at radius 1 is 0.967 bits per heavy atom. The minimum absolute atomic E-state index is 0.0545. The first-order chi connectivity index (χ1) is 14.2. The Bertz CT molecular complexity index is 1210. The molecule has 0 saturated carbocycles. The summed E-state index contributed by atoms with van der Waals surface area (Å²) in [5.74, 6) is -0.406. The van der Waals surface area contributed by atoms with Crippen molar-refractivity contribution in [1.29, 1.82) is 0 Å². The third-order valence-corrected chi connectivity index (χ3v) is 5.56. The van der Waals surface area contributed by atoms with E-state index in [-0.39, 0.29) is 17.3 Å². The predicted octanol–water partition coefficient (Wildman–Crippen LogP) is 4.26. The van der Waals surface area contributed by atoms with Gasteiger partial charge >= 0.3 is 15.8 Å². The van der Waals surface area contributed by atoms with Crippen LogP contribution in [0, 0.1) is 10.1 Å². The Balaban J connectivity index is 1.82. The lowest BCUT2D eigenvalue weighted by molar-refractivity contribution is -0.386. The van der Waals surface area contributed by atoms with Gasteiger partial charge in [0.1, 0.15) is 10.6 Å². The second kappa shape index (κ2) is 8.52. The van der Waals surface area contributed by atoms with Gasteiger partial charge < -0.3 is 8.92 Å². The molecule has 0 saturated heterocycles. The lowest BCUT2D eigenvalue weighted by Gasteiger charge is -2.09. The number of carbonyl (C=O) groups is 1. The molecule has 0 atom stereocenters. The summed E-state index contributed by atoms with van der Waals surface area (Å²) in [6.07, 6.45) is 0. The molecule has 0 aliphatic heterocycles. The van der Waals surface area contributed by atoms with E-state index in [9.17, 15) is 23.3 Å². The molecule has 10 heteroatoms. The average molecular weight is 448 g/mol. The van der Waals surface area contributed by atoms with E-state index in [0.29, 0.717) is 16.1 Å². The number of hydrogen-bond acceptors (Lipinski definition) is 7. The minimum Gasteiger partial charge on any atom is -0.490 e. The maximum atomic E-state index is 12.5. The predicted molar refractivity (Wildman–Crippen MR) is 109 cm³/mol. The first-order valence-electron chi connectivity index (χ1n) is 8.38. The van der Waals surface area contributed by atoms with E-state index in [0.717, 1.165) is 12.1 Å². The molecule has 154 valence electrons. The van der Waals surface area contributed by atoms with Crippen LogP contribution in [0.4, 0.5) is 5.69 Å². The third-order valence-electron chi connectivity index (χ3n) is 4.06. The highest BCUT2D eigenvalue weighted by atomic mass is 35.5. The summed E-state index contributed by atoms with van der Waals surface area (Å²) in [5.41, 5.74) is 0.236. The van der Waals surface area contributed by atoms with Crippen LogP contribution >= 0.6 is 11.6 Å². The van der Waals surface area contributed by atoms with Gasteiger partial charge in [-0.2, -0.15) is 8.42 Å². The van der Waals surface area contributed by atoms with Crippen molar-refractivity contribution in [2.24, 2.45) is 0 Å². The van der Waals surface area contributed by atoms with Crippen molar-refractivity contribution < 1.29 is 27.1 Å². The molecule has 0 aromatic heterocycles. The van der Waals surface area contributed by atoms with E-state index >= 15 is 0 Å². The number of ketones is 1. The summed E-state index contributed by atoms with van der Waals surface area (Å²) < 4.78 is 34.9. The molecule has 0 heterocycles. The topological polar surface area (TPSA) is 113 Å². The number of methoxy groups -OCH3 is 1. The Morgan fingerprint density at radius 2 is 1.53 bits per heavy atom. The van der Waals surface area contributed by atoms with Crippen LogP contribution in [0.2, 0.25) is 5.02 Å². The van der Waals surface area contributed by atoms with E-state index in [1.807, 2.05) is 0 Å². The van der Waals surface area contributed by atoms with Crippen molar-refractivity contribution in [3.8, 4) is 11.5 Å². The quantitative estimate of drug-likeness (QED) is 0.230. The van der Waals surface area contributed by atoms with Crippen LogP contribution < -0.4 is 8.92 Å². The number of halogens is 1. The summed E-state index contributed by atoms with van der Waals surface area (Å²) in [6.45, 7) is 0. The highest BCUT2D eigenvalue weighted by Crippen LogP contribution is 2.30. The molecule has 0 fully saturated rings. The summed E-state index contributed by atoms with van der Waals surface area (Å²) in [6, 6.07) is 15.0. The second-order valence-corrected chi connectivity index (χ2v) is 7.97. The van der Waals surface area contributed by atoms with Crippen molar-refractivity contribution in [3.05, 3.63) is 93.0 Å². The van der Waals surface area contributed by atoms with E-state index in [1.54, 1.807) is 24.3 Å². The van der Waals surface area contributed by atoms with Gasteiger partial charge in [0.25, 0.3) is 0 Å². The molecule has 0 bridgehead atoms. The molecule has 30 heavy (non-hydrogen) atoms. The standard InChI is InChI=1S/C20H14ClNO7S/c1-28-19-11-10-17(12-18(19)22(24)25)30(26,27)29-16-8-4-14(5-9-16)20(23)13-2-6-15(21)7-3-13/h2-12H,1H3. The van der Waals surface area contributed by atoms with Crippen molar-refractivity contribution in [2.75, 3.05) is 7.11 Å². The molecule has 0 N–H and O–H groups in total. The fourth-order valence-corrected chi connectivity index (χ4v) is 3.65. The largest absolute Gasteiger partial charge is 0.490 e. The third kappa shape index (κ3) is 4.58. The monoisotopic (exact) mass is 447 g/mol. The fourth-order valence-electron chi connectivity index (χ4n) is 2.57. The summed E-state index contributed by atoms with van der Waals surface area (Å²) in [5, 5.41) is 11.6. The SMILES string of the molecule is COc1ccc(S(=O)(=O)Oc2ccc(C(=O)c3ccc(Cl)cc3)cc2)cc1[N+](=O)[O-]. The van der Waals surface area contributed by atoms with Gasteiger partial charge in [0.2, 0.25) is 0 Å². The molecular formula is C20H14ClNO7S. The van der Waals surface area contributed by atoms with Crippen molar-refractivity contribution >= 4 is 33.2 Å². The zero-order chi connectivity index (χ0) is 21.9. The Kier molecular flexibility index (Phi) is 6.04. The number of rotatable bonds is 7. The fraction of sp³-hybridized carbons (Fsp3) is 0.0500. The number of nitro groups is 1. The number of carbonyl (C=O) groups excluding carboxylic acids is 1. The van der Waals surface area contributed by atoms with Gasteiger partial charge in [-0.15, -0.1) is 0 Å². The Hall–Kier alpha value is -3.43. The van der Waals surface area contributed by atoms with Gasteiger partial charge in [0, 0.05) is 22.2 Å². The van der Waals surface area contributed by atoms with Crippen LogP contribution in [0.15, 0.2) is 71.6 Å². The van der Waals surface area contributed by atoms with Crippen molar-refractivity contribution in [3.63, 3.8) is 0 Å². The van der Waals surface area contributed by atoms with Gasteiger partial charge in [-0.25, -0.2) is 0 Å².